The van der Waals surface area contributed by atoms with Crippen LogP contribution in [0.5, 0.6) is 0 Å². The van der Waals surface area contributed by atoms with Crippen LogP contribution in [-0.2, 0) is 9.59 Å². The Bertz CT molecular complexity index is 891. The van der Waals surface area contributed by atoms with Crippen LogP contribution in [0.2, 0.25) is 0 Å². The second-order valence-corrected chi connectivity index (χ2v) is 5.46. The summed E-state index contributed by atoms with van der Waals surface area (Å²) in [7, 11) is 0. The number of aliphatic carboxylic acids is 2. The second kappa shape index (κ2) is 6.63. The van der Waals surface area contributed by atoms with E-state index in [4.69, 9.17) is 5.11 Å². The van der Waals surface area contributed by atoms with E-state index in [0.29, 0.717) is 0 Å². The van der Waals surface area contributed by atoms with E-state index in [1.54, 1.807) is 0 Å². The standard InChI is InChI=1S/C17H12O9/c18-12(8-3-2-6-17(7-8,15(23)24)16(25)26)9-4-1-5-10(13(19)20)11(9)14(21)22/h1-5,7H,6H2,(H,19,20)(H,21,22)(H,23,24)(H,25,26). The fourth-order valence-corrected chi connectivity index (χ4v) is 2.58. The minimum Gasteiger partial charge on any atom is -0.480 e. The van der Waals surface area contributed by atoms with Gasteiger partial charge < -0.3 is 20.4 Å². The van der Waals surface area contributed by atoms with E-state index in [1.165, 1.54) is 12.2 Å². The van der Waals surface area contributed by atoms with Gasteiger partial charge in [0.2, 0.25) is 0 Å². The Morgan fingerprint density at radius 1 is 0.846 bits per heavy atom. The first-order valence-electron chi connectivity index (χ1n) is 7.12. The molecule has 1 aromatic carbocycles. The average Bonchev–Trinajstić information content (AvgIpc) is 2.59. The normalized spacial score (nSPS) is 15.0. The Hall–Kier alpha value is -3.75. The maximum Gasteiger partial charge on any atom is 0.337 e. The molecule has 4 N–H and O–H groups in total. The molecular formula is C17H12O9. The molecule has 0 aromatic heterocycles. The molecule has 0 bridgehead atoms. The largest absolute Gasteiger partial charge is 0.480 e. The SMILES string of the molecule is O=C(O)c1cccc(C(=O)C2=CC(C(=O)O)(C(=O)O)CC=C2)c1C(=O)O. The van der Waals surface area contributed by atoms with E-state index in [9.17, 15) is 39.3 Å². The van der Waals surface area contributed by atoms with Gasteiger partial charge in [-0.15, -0.1) is 0 Å². The van der Waals surface area contributed by atoms with Crippen LogP contribution >= 0.6 is 0 Å². The highest BCUT2D eigenvalue weighted by molar-refractivity contribution is 6.19. The van der Waals surface area contributed by atoms with Gasteiger partial charge >= 0.3 is 23.9 Å². The zero-order chi connectivity index (χ0) is 19.6. The summed E-state index contributed by atoms with van der Waals surface area (Å²) in [6.07, 6.45) is 2.69. The van der Waals surface area contributed by atoms with Crippen molar-refractivity contribution in [2.45, 2.75) is 6.42 Å². The fraction of sp³-hybridized carbons (Fsp3) is 0.118. The summed E-state index contributed by atoms with van der Waals surface area (Å²) >= 11 is 0. The molecule has 0 saturated heterocycles. The molecule has 1 aliphatic rings. The van der Waals surface area contributed by atoms with Gasteiger partial charge in [0.25, 0.3) is 0 Å². The molecule has 2 rings (SSSR count). The van der Waals surface area contributed by atoms with Gasteiger partial charge in [0.05, 0.1) is 11.1 Å². The number of benzene rings is 1. The Balaban J connectivity index is 2.65. The van der Waals surface area contributed by atoms with Crippen LogP contribution in [-0.4, -0.2) is 50.1 Å². The van der Waals surface area contributed by atoms with E-state index in [0.717, 1.165) is 24.3 Å². The summed E-state index contributed by atoms with van der Waals surface area (Å²) in [6.45, 7) is 0. The van der Waals surface area contributed by atoms with Crippen LogP contribution in [0, 0.1) is 5.41 Å². The van der Waals surface area contributed by atoms with Crippen LogP contribution in [0.15, 0.2) is 42.0 Å². The van der Waals surface area contributed by atoms with Crippen molar-refractivity contribution in [3.8, 4) is 0 Å². The van der Waals surface area contributed by atoms with Gasteiger partial charge in [-0.25, -0.2) is 9.59 Å². The van der Waals surface area contributed by atoms with Gasteiger partial charge in [0, 0.05) is 11.1 Å². The lowest BCUT2D eigenvalue weighted by Gasteiger charge is -2.23. The first kappa shape index (κ1) is 18.6. The molecule has 0 amide bonds. The van der Waals surface area contributed by atoms with E-state index in [-0.39, 0.29) is 5.57 Å². The number of carbonyl (C=O) groups is 5. The van der Waals surface area contributed by atoms with Crippen molar-refractivity contribution >= 4 is 29.7 Å². The quantitative estimate of drug-likeness (QED) is 0.432. The smallest absolute Gasteiger partial charge is 0.337 e. The predicted octanol–water partition coefficient (Wildman–Crippen LogP) is 1.31. The molecule has 0 fully saturated rings. The highest BCUT2D eigenvalue weighted by atomic mass is 16.4. The molecule has 0 aliphatic heterocycles. The molecule has 0 saturated carbocycles. The van der Waals surface area contributed by atoms with Crippen molar-refractivity contribution in [1.29, 1.82) is 0 Å². The van der Waals surface area contributed by atoms with Crippen molar-refractivity contribution in [3.05, 3.63) is 58.7 Å². The maximum absolute atomic E-state index is 12.7. The summed E-state index contributed by atoms with van der Waals surface area (Å²) in [5, 5.41) is 36.9. The Morgan fingerprint density at radius 3 is 1.92 bits per heavy atom. The monoisotopic (exact) mass is 360 g/mol. The molecule has 1 aromatic rings. The predicted molar refractivity (Wildman–Crippen MR) is 84.2 cm³/mol. The number of ketones is 1. The van der Waals surface area contributed by atoms with Gasteiger partial charge in [-0.2, -0.15) is 0 Å². The molecule has 0 unspecified atom stereocenters. The third-order valence-electron chi connectivity index (χ3n) is 3.92. The molecule has 1 aliphatic carbocycles. The Kier molecular flexibility index (Phi) is 4.74. The third kappa shape index (κ3) is 2.97. The van der Waals surface area contributed by atoms with Gasteiger partial charge in [-0.05, 0) is 18.6 Å². The van der Waals surface area contributed by atoms with Gasteiger partial charge in [0.15, 0.2) is 11.2 Å². The van der Waals surface area contributed by atoms with E-state index in [2.05, 4.69) is 0 Å². The van der Waals surface area contributed by atoms with Crippen molar-refractivity contribution in [1.82, 2.24) is 0 Å². The van der Waals surface area contributed by atoms with Crippen molar-refractivity contribution in [3.63, 3.8) is 0 Å². The number of carbonyl (C=O) groups excluding carboxylic acids is 1. The summed E-state index contributed by atoms with van der Waals surface area (Å²) < 4.78 is 0. The minimum atomic E-state index is -2.37. The second-order valence-electron chi connectivity index (χ2n) is 5.46. The number of carboxylic acid groups (broad SMARTS) is 4. The van der Waals surface area contributed by atoms with E-state index < -0.39 is 58.2 Å². The summed E-state index contributed by atoms with van der Waals surface area (Å²) in [4.78, 5) is 58.1. The minimum absolute atomic E-state index is 0.355. The van der Waals surface area contributed by atoms with Gasteiger partial charge in [-0.1, -0.05) is 24.3 Å². The number of hydrogen-bond donors (Lipinski definition) is 4. The van der Waals surface area contributed by atoms with Crippen molar-refractivity contribution < 1.29 is 44.4 Å². The highest BCUT2D eigenvalue weighted by Gasteiger charge is 2.46. The fourth-order valence-electron chi connectivity index (χ4n) is 2.58. The van der Waals surface area contributed by atoms with Gasteiger partial charge in [-0.3, -0.25) is 14.4 Å². The lowest BCUT2D eigenvalue weighted by Crippen LogP contribution is -2.39. The molecule has 9 heteroatoms. The summed E-state index contributed by atoms with van der Waals surface area (Å²) in [5.41, 5.74) is -4.59. The summed E-state index contributed by atoms with van der Waals surface area (Å²) in [5.74, 6) is -7.58. The van der Waals surface area contributed by atoms with Crippen LogP contribution in [0.3, 0.4) is 0 Å². The number of rotatable bonds is 6. The number of carboxylic acids is 4. The average molecular weight is 360 g/mol. The summed E-state index contributed by atoms with van der Waals surface area (Å²) in [6, 6.07) is 3.25. The zero-order valence-electron chi connectivity index (χ0n) is 13.0. The number of hydrogen-bond acceptors (Lipinski definition) is 5. The number of aromatic carboxylic acids is 2. The molecule has 0 radical (unpaired) electrons. The topological polar surface area (TPSA) is 166 Å². The first-order valence-corrected chi connectivity index (χ1v) is 7.12. The van der Waals surface area contributed by atoms with Crippen LogP contribution in [0.1, 0.15) is 37.5 Å². The highest BCUT2D eigenvalue weighted by Crippen LogP contribution is 2.33. The third-order valence-corrected chi connectivity index (χ3v) is 3.92. The molecular weight excluding hydrogens is 348 g/mol. The Morgan fingerprint density at radius 2 is 1.42 bits per heavy atom. The first-order chi connectivity index (χ1) is 12.1. The maximum atomic E-state index is 12.7. The lowest BCUT2D eigenvalue weighted by atomic mass is 9.78. The van der Waals surface area contributed by atoms with Crippen LogP contribution < -0.4 is 0 Å². The van der Waals surface area contributed by atoms with Gasteiger partial charge in [0.1, 0.15) is 0 Å². The lowest BCUT2D eigenvalue weighted by molar-refractivity contribution is -0.160. The molecule has 0 spiro atoms. The van der Waals surface area contributed by atoms with Crippen LogP contribution in [0.25, 0.3) is 0 Å². The molecule has 0 heterocycles. The molecule has 0 atom stereocenters. The van der Waals surface area contributed by atoms with Crippen LogP contribution in [0.4, 0.5) is 0 Å². The van der Waals surface area contributed by atoms with E-state index in [1.807, 2.05) is 0 Å². The Labute approximate surface area is 145 Å². The van der Waals surface area contributed by atoms with E-state index >= 15 is 0 Å². The molecule has 26 heavy (non-hydrogen) atoms. The number of allylic oxidation sites excluding steroid dienone is 3. The zero-order valence-corrected chi connectivity index (χ0v) is 13.0. The van der Waals surface area contributed by atoms with Crippen molar-refractivity contribution in [2.24, 2.45) is 5.41 Å². The van der Waals surface area contributed by atoms with Crippen molar-refractivity contribution in [2.75, 3.05) is 0 Å². The number of Topliss-reactive ketones (excluding diaryl/α,β-unsaturated/α-hetero) is 1. The molecule has 134 valence electrons. The molecule has 9 nitrogen and oxygen atoms in total.